The van der Waals surface area contributed by atoms with E-state index in [0.717, 1.165) is 49.8 Å². The van der Waals surface area contributed by atoms with Gasteiger partial charge in [-0.05, 0) is 50.3 Å². The van der Waals surface area contributed by atoms with Crippen LogP contribution < -0.4 is 4.74 Å². The Kier molecular flexibility index (Phi) is 9.51. The molecule has 1 aromatic rings. The van der Waals surface area contributed by atoms with Crippen LogP contribution in [0, 0.1) is 5.92 Å². The van der Waals surface area contributed by atoms with Gasteiger partial charge in [0.2, 0.25) is 0 Å². The Hall–Kier alpha value is -1.85. The fourth-order valence-electron chi connectivity index (χ4n) is 3.28. The first kappa shape index (κ1) is 22.4. The molecule has 0 amide bonds. The summed E-state index contributed by atoms with van der Waals surface area (Å²) in [4.78, 5) is 12.5. The molecular weight excluding hydrogens is 356 g/mol. The Morgan fingerprint density at radius 2 is 1.96 bits per heavy atom. The van der Waals surface area contributed by atoms with Gasteiger partial charge in [0.25, 0.3) is 0 Å². The van der Waals surface area contributed by atoms with Crippen molar-refractivity contribution in [1.29, 1.82) is 0 Å². The normalized spacial score (nSPS) is 27.1. The number of methoxy groups -OCH3 is 1. The van der Waals surface area contributed by atoms with Crippen molar-refractivity contribution in [2.24, 2.45) is 5.92 Å². The highest BCUT2D eigenvalue weighted by atomic mass is 16.6. The van der Waals surface area contributed by atoms with Gasteiger partial charge in [-0.15, -0.1) is 0 Å². The number of esters is 1. The summed E-state index contributed by atoms with van der Waals surface area (Å²) < 4.78 is 17.2. The van der Waals surface area contributed by atoms with Gasteiger partial charge in [-0.3, -0.25) is 4.79 Å². The molecule has 0 saturated carbocycles. The van der Waals surface area contributed by atoms with Crippen molar-refractivity contribution in [3.63, 3.8) is 0 Å². The van der Waals surface area contributed by atoms with Crippen molar-refractivity contribution in [2.75, 3.05) is 7.11 Å². The average molecular weight is 391 g/mol. The summed E-state index contributed by atoms with van der Waals surface area (Å²) in [5, 5.41) is 10.1. The fraction of sp³-hybridized carbons (Fsp3) is 0.609. The minimum Gasteiger partial charge on any atom is -0.497 e. The summed E-state index contributed by atoms with van der Waals surface area (Å²) >= 11 is 0. The maximum absolute atomic E-state index is 12.5. The van der Waals surface area contributed by atoms with Gasteiger partial charge in [-0.25, -0.2) is 0 Å². The average Bonchev–Trinajstić information content (AvgIpc) is 2.71. The molecule has 5 heteroatoms. The lowest BCUT2D eigenvalue weighted by Gasteiger charge is -2.30. The van der Waals surface area contributed by atoms with Gasteiger partial charge in [0.05, 0.1) is 31.8 Å². The van der Waals surface area contributed by atoms with Crippen LogP contribution in [0.4, 0.5) is 0 Å². The van der Waals surface area contributed by atoms with Crippen LogP contribution in [0.2, 0.25) is 0 Å². The molecule has 1 heterocycles. The maximum Gasteiger partial charge on any atom is 0.311 e. The molecule has 1 aliphatic rings. The summed E-state index contributed by atoms with van der Waals surface area (Å²) in [6, 6.07) is 7.79. The second kappa shape index (κ2) is 11.9. The van der Waals surface area contributed by atoms with Crippen LogP contribution in [0.3, 0.4) is 0 Å². The van der Waals surface area contributed by atoms with Crippen molar-refractivity contribution in [1.82, 2.24) is 0 Å². The fourth-order valence-corrected chi connectivity index (χ4v) is 3.28. The van der Waals surface area contributed by atoms with E-state index in [4.69, 9.17) is 14.2 Å². The number of cyclic esters (lactones) is 1. The van der Waals surface area contributed by atoms with Crippen molar-refractivity contribution >= 4 is 5.97 Å². The molecule has 156 valence electrons. The number of aliphatic hydroxyl groups excluding tert-OH is 1. The Labute approximate surface area is 168 Å². The molecule has 5 nitrogen and oxygen atoms in total. The lowest BCUT2D eigenvalue weighted by atomic mass is 9.98. The molecule has 0 fully saturated rings. The molecular formula is C23H34O5. The molecule has 0 spiro atoms. The van der Waals surface area contributed by atoms with Crippen LogP contribution >= 0.6 is 0 Å². The first-order valence-electron chi connectivity index (χ1n) is 10.3. The summed E-state index contributed by atoms with van der Waals surface area (Å²) in [6.45, 7) is 4.31. The van der Waals surface area contributed by atoms with E-state index in [-0.39, 0.29) is 18.2 Å². The van der Waals surface area contributed by atoms with E-state index in [1.807, 2.05) is 30.3 Å². The largest absolute Gasteiger partial charge is 0.497 e. The molecule has 1 aliphatic heterocycles. The predicted octanol–water partition coefficient (Wildman–Crippen LogP) is 4.42. The highest BCUT2D eigenvalue weighted by Gasteiger charge is 2.30. The number of ether oxygens (including phenoxy) is 3. The van der Waals surface area contributed by atoms with Crippen molar-refractivity contribution in [2.45, 2.75) is 77.3 Å². The number of hydrogen-bond acceptors (Lipinski definition) is 5. The minimum atomic E-state index is -0.805. The second-order valence-corrected chi connectivity index (χ2v) is 7.45. The topological polar surface area (TPSA) is 65.0 Å². The zero-order valence-corrected chi connectivity index (χ0v) is 17.3. The molecule has 0 aliphatic carbocycles. The van der Waals surface area contributed by atoms with Gasteiger partial charge >= 0.3 is 5.97 Å². The molecule has 1 unspecified atom stereocenters. The number of carbonyl (C=O) groups excluding carboxylic acids is 1. The number of hydrogen-bond donors (Lipinski definition) is 1. The van der Waals surface area contributed by atoms with Gasteiger partial charge in [0.1, 0.15) is 11.9 Å². The molecule has 0 saturated heterocycles. The van der Waals surface area contributed by atoms with Gasteiger partial charge in [-0.1, -0.05) is 44.1 Å². The Morgan fingerprint density at radius 1 is 1.21 bits per heavy atom. The number of carbonyl (C=O) groups is 1. The number of allylic oxidation sites excluding steroid dienone is 1. The lowest BCUT2D eigenvalue weighted by molar-refractivity contribution is -0.166. The lowest BCUT2D eigenvalue weighted by Crippen LogP contribution is -2.37. The van der Waals surface area contributed by atoms with Gasteiger partial charge in [0, 0.05) is 0 Å². The summed E-state index contributed by atoms with van der Waals surface area (Å²) in [7, 11) is 1.65. The quantitative estimate of drug-likeness (QED) is 0.404. The minimum absolute atomic E-state index is 0.171. The highest BCUT2D eigenvalue weighted by Crippen LogP contribution is 2.23. The maximum atomic E-state index is 12.5. The van der Waals surface area contributed by atoms with E-state index >= 15 is 0 Å². The summed E-state index contributed by atoms with van der Waals surface area (Å²) in [5.41, 5.74) is 1.05. The molecule has 1 N–H and O–H groups in total. The molecule has 0 aromatic heterocycles. The van der Waals surface area contributed by atoms with Crippen LogP contribution in [0.25, 0.3) is 0 Å². The van der Waals surface area contributed by atoms with Crippen LogP contribution in [0.5, 0.6) is 5.75 Å². The number of rotatable bonds is 8. The van der Waals surface area contributed by atoms with Crippen LogP contribution in [-0.4, -0.2) is 36.5 Å². The number of aliphatic hydroxyl groups is 1. The van der Waals surface area contributed by atoms with E-state index < -0.39 is 12.0 Å². The standard InChI is InChI=1S/C23H34O5/c1-4-5-6-11-22-21(27-16-18-12-14-19(26-3)15-13-18)10-8-7-9-20(24)17(2)23(25)28-22/h7,9,12-15,17,20-22,24H,4-6,8,10-11,16H2,1-3H3/b9-7+/t17-,20-,21+,22?/m1/s1. The van der Waals surface area contributed by atoms with Crippen LogP contribution in [0.1, 0.15) is 57.9 Å². The van der Waals surface area contributed by atoms with Crippen LogP contribution in [-0.2, 0) is 20.9 Å². The van der Waals surface area contributed by atoms with Crippen LogP contribution in [0.15, 0.2) is 36.4 Å². The second-order valence-electron chi connectivity index (χ2n) is 7.45. The van der Waals surface area contributed by atoms with E-state index in [0.29, 0.717) is 6.61 Å². The van der Waals surface area contributed by atoms with Gasteiger partial charge in [-0.2, -0.15) is 0 Å². The van der Waals surface area contributed by atoms with E-state index in [2.05, 4.69) is 6.92 Å². The zero-order chi connectivity index (χ0) is 20.4. The first-order chi connectivity index (χ1) is 13.5. The summed E-state index contributed by atoms with van der Waals surface area (Å²) in [6.07, 6.45) is 7.85. The molecule has 0 bridgehead atoms. The van der Waals surface area contributed by atoms with E-state index in [1.165, 1.54) is 0 Å². The Bertz CT molecular complexity index is 610. The monoisotopic (exact) mass is 390 g/mol. The zero-order valence-electron chi connectivity index (χ0n) is 17.3. The first-order valence-corrected chi connectivity index (χ1v) is 10.3. The van der Waals surface area contributed by atoms with Crippen molar-refractivity contribution in [3.8, 4) is 5.75 Å². The predicted molar refractivity (Wildman–Crippen MR) is 109 cm³/mol. The molecule has 2 rings (SSSR count). The van der Waals surface area contributed by atoms with E-state index in [9.17, 15) is 9.90 Å². The molecule has 0 radical (unpaired) electrons. The van der Waals surface area contributed by atoms with Crippen molar-refractivity contribution in [3.05, 3.63) is 42.0 Å². The van der Waals surface area contributed by atoms with Gasteiger partial charge in [0.15, 0.2) is 0 Å². The van der Waals surface area contributed by atoms with E-state index in [1.54, 1.807) is 20.1 Å². The highest BCUT2D eigenvalue weighted by molar-refractivity contribution is 5.73. The third-order valence-electron chi connectivity index (χ3n) is 5.23. The third kappa shape index (κ3) is 6.95. The molecule has 1 aromatic carbocycles. The molecule has 4 atom stereocenters. The number of unbranched alkanes of at least 4 members (excludes halogenated alkanes) is 2. The third-order valence-corrected chi connectivity index (χ3v) is 5.23. The van der Waals surface area contributed by atoms with Crippen molar-refractivity contribution < 1.29 is 24.1 Å². The Balaban J connectivity index is 2.09. The summed E-state index contributed by atoms with van der Waals surface area (Å²) in [5.74, 6) is -0.129. The number of benzene rings is 1. The Morgan fingerprint density at radius 3 is 2.64 bits per heavy atom. The van der Waals surface area contributed by atoms with Gasteiger partial charge < -0.3 is 19.3 Å². The SMILES string of the molecule is CCCCCC1OC(=O)[C@H](C)[C@H](O)/C=C/CC[C@@H]1OCc1ccc(OC)cc1. The smallest absolute Gasteiger partial charge is 0.311 e. The molecule has 28 heavy (non-hydrogen) atoms.